The fraction of sp³-hybridized carbons (Fsp3) is 0.562. The number of esters is 1. The molecule has 1 aromatic carbocycles. The summed E-state index contributed by atoms with van der Waals surface area (Å²) in [7, 11) is 0. The minimum Gasteiger partial charge on any atom is -0.466 e. The summed E-state index contributed by atoms with van der Waals surface area (Å²) in [4.78, 5) is 11.2. The number of nitrogens with one attached hydrogen (secondary N) is 1. The van der Waals surface area contributed by atoms with Crippen molar-refractivity contribution in [3.05, 3.63) is 35.4 Å². The van der Waals surface area contributed by atoms with E-state index in [0.29, 0.717) is 25.0 Å². The molecule has 0 aromatic heterocycles. The Bertz CT molecular complexity index is 425. The van der Waals surface area contributed by atoms with Gasteiger partial charge < -0.3 is 10.1 Å². The average Bonchev–Trinajstić information content (AvgIpc) is 2.32. The van der Waals surface area contributed by atoms with Crippen LogP contribution in [0.5, 0.6) is 0 Å². The molecule has 0 bridgehead atoms. The first-order valence-electron chi connectivity index (χ1n) is 7.14. The van der Waals surface area contributed by atoms with Gasteiger partial charge in [0.1, 0.15) is 0 Å². The zero-order chi connectivity index (χ0) is 13.7. The van der Waals surface area contributed by atoms with Gasteiger partial charge in [-0.15, -0.1) is 0 Å². The molecule has 3 nitrogen and oxygen atoms in total. The summed E-state index contributed by atoms with van der Waals surface area (Å²) in [6.45, 7) is 5.17. The van der Waals surface area contributed by atoms with E-state index < -0.39 is 0 Å². The molecule has 1 aromatic rings. The number of rotatable bonds is 6. The van der Waals surface area contributed by atoms with E-state index in [9.17, 15) is 4.79 Å². The molecule has 0 amide bonds. The lowest BCUT2D eigenvalue weighted by Crippen LogP contribution is -2.41. The first kappa shape index (κ1) is 14.1. The van der Waals surface area contributed by atoms with Crippen LogP contribution in [0.3, 0.4) is 0 Å². The Morgan fingerprint density at radius 2 is 2.21 bits per heavy atom. The van der Waals surface area contributed by atoms with Crippen LogP contribution in [0.2, 0.25) is 0 Å². The number of carbonyl (C=O) groups is 1. The van der Waals surface area contributed by atoms with E-state index in [1.165, 1.54) is 24.0 Å². The van der Waals surface area contributed by atoms with Crippen LogP contribution in [0.25, 0.3) is 0 Å². The van der Waals surface area contributed by atoms with Crippen LogP contribution in [0.1, 0.15) is 43.2 Å². The van der Waals surface area contributed by atoms with Gasteiger partial charge in [-0.2, -0.15) is 0 Å². The van der Waals surface area contributed by atoms with Crippen LogP contribution in [0.15, 0.2) is 24.3 Å². The number of hydrogen-bond acceptors (Lipinski definition) is 3. The quantitative estimate of drug-likeness (QED) is 0.800. The summed E-state index contributed by atoms with van der Waals surface area (Å²) in [5.74, 6) is 0.574. The van der Waals surface area contributed by atoms with E-state index in [4.69, 9.17) is 4.74 Å². The molecule has 2 rings (SSSR count). The highest BCUT2D eigenvalue weighted by Crippen LogP contribution is 2.36. The molecular formula is C16H23NO2. The van der Waals surface area contributed by atoms with Crippen molar-refractivity contribution in [1.82, 2.24) is 5.32 Å². The Kier molecular flexibility index (Phi) is 4.97. The molecule has 0 atom stereocenters. The second-order valence-corrected chi connectivity index (χ2v) is 5.29. The number of hydrogen-bond donors (Lipinski definition) is 1. The third kappa shape index (κ3) is 4.06. The SMILES string of the molecule is CCOC(=O)CCNC1CC(c2cccc(C)c2)C1. The average molecular weight is 261 g/mol. The lowest BCUT2D eigenvalue weighted by atomic mass is 9.75. The molecule has 19 heavy (non-hydrogen) atoms. The molecule has 1 fully saturated rings. The highest BCUT2D eigenvalue weighted by atomic mass is 16.5. The van der Waals surface area contributed by atoms with Crippen molar-refractivity contribution in [2.45, 2.75) is 45.1 Å². The van der Waals surface area contributed by atoms with Crippen molar-refractivity contribution in [3.63, 3.8) is 0 Å². The summed E-state index contributed by atoms with van der Waals surface area (Å²) in [6, 6.07) is 9.31. The van der Waals surface area contributed by atoms with Crippen LogP contribution in [-0.2, 0) is 9.53 Å². The third-order valence-corrected chi connectivity index (χ3v) is 3.72. The second-order valence-electron chi connectivity index (χ2n) is 5.29. The van der Waals surface area contributed by atoms with Gasteiger partial charge in [0.05, 0.1) is 13.0 Å². The van der Waals surface area contributed by atoms with E-state index in [1.807, 2.05) is 6.92 Å². The fourth-order valence-electron chi connectivity index (χ4n) is 2.59. The zero-order valence-corrected chi connectivity index (χ0v) is 11.8. The van der Waals surface area contributed by atoms with E-state index in [2.05, 4.69) is 36.5 Å². The number of aryl methyl sites for hydroxylation is 1. The Labute approximate surface area is 115 Å². The molecule has 3 heteroatoms. The molecule has 1 aliphatic carbocycles. The van der Waals surface area contributed by atoms with Gasteiger partial charge in [0.25, 0.3) is 0 Å². The van der Waals surface area contributed by atoms with Crippen molar-refractivity contribution in [2.75, 3.05) is 13.2 Å². The number of carbonyl (C=O) groups excluding carboxylic acids is 1. The third-order valence-electron chi connectivity index (χ3n) is 3.72. The number of ether oxygens (including phenoxy) is 1. The van der Waals surface area contributed by atoms with Gasteiger partial charge in [-0.25, -0.2) is 0 Å². The Morgan fingerprint density at radius 3 is 2.89 bits per heavy atom. The highest BCUT2D eigenvalue weighted by Gasteiger charge is 2.29. The summed E-state index contributed by atoms with van der Waals surface area (Å²) < 4.78 is 4.90. The largest absolute Gasteiger partial charge is 0.466 e. The molecule has 0 unspecified atom stereocenters. The number of benzene rings is 1. The van der Waals surface area contributed by atoms with Crippen LogP contribution in [0, 0.1) is 6.92 Å². The zero-order valence-electron chi connectivity index (χ0n) is 11.8. The molecular weight excluding hydrogens is 238 g/mol. The lowest BCUT2D eigenvalue weighted by molar-refractivity contribution is -0.143. The molecule has 0 heterocycles. The monoisotopic (exact) mass is 261 g/mol. The summed E-state index contributed by atoms with van der Waals surface area (Å²) in [6.07, 6.45) is 2.82. The fourth-order valence-corrected chi connectivity index (χ4v) is 2.59. The van der Waals surface area contributed by atoms with Crippen LogP contribution in [-0.4, -0.2) is 25.2 Å². The van der Waals surface area contributed by atoms with E-state index in [-0.39, 0.29) is 5.97 Å². The maximum Gasteiger partial charge on any atom is 0.307 e. The van der Waals surface area contributed by atoms with Crippen LogP contribution < -0.4 is 5.32 Å². The lowest BCUT2D eigenvalue weighted by Gasteiger charge is -2.36. The molecule has 0 spiro atoms. The van der Waals surface area contributed by atoms with Gasteiger partial charge in [0.2, 0.25) is 0 Å². The molecule has 1 saturated carbocycles. The van der Waals surface area contributed by atoms with E-state index >= 15 is 0 Å². The van der Waals surface area contributed by atoms with Gasteiger partial charge in [-0.05, 0) is 38.2 Å². The minimum atomic E-state index is -0.107. The van der Waals surface area contributed by atoms with Gasteiger partial charge >= 0.3 is 5.97 Å². The van der Waals surface area contributed by atoms with Crippen molar-refractivity contribution in [2.24, 2.45) is 0 Å². The normalized spacial score (nSPS) is 21.8. The first-order valence-corrected chi connectivity index (χ1v) is 7.14. The summed E-state index contributed by atoms with van der Waals surface area (Å²) >= 11 is 0. The Balaban J connectivity index is 1.65. The Hall–Kier alpha value is -1.35. The molecule has 0 aliphatic heterocycles. The Morgan fingerprint density at radius 1 is 1.42 bits per heavy atom. The predicted octanol–water partition coefficient (Wildman–Crippen LogP) is 2.78. The molecule has 0 saturated heterocycles. The van der Waals surface area contributed by atoms with Crippen molar-refractivity contribution in [1.29, 1.82) is 0 Å². The van der Waals surface area contributed by atoms with Gasteiger partial charge in [-0.3, -0.25) is 4.79 Å². The second kappa shape index (κ2) is 6.71. The predicted molar refractivity (Wildman–Crippen MR) is 76.2 cm³/mol. The summed E-state index contributed by atoms with van der Waals surface area (Å²) in [5.41, 5.74) is 2.78. The molecule has 1 aliphatic rings. The summed E-state index contributed by atoms with van der Waals surface area (Å²) in [5, 5.41) is 3.42. The topological polar surface area (TPSA) is 38.3 Å². The van der Waals surface area contributed by atoms with E-state index in [0.717, 1.165) is 6.54 Å². The van der Waals surface area contributed by atoms with Crippen molar-refractivity contribution in [3.8, 4) is 0 Å². The maximum atomic E-state index is 11.2. The minimum absolute atomic E-state index is 0.107. The van der Waals surface area contributed by atoms with Crippen molar-refractivity contribution >= 4 is 5.97 Å². The molecule has 1 N–H and O–H groups in total. The standard InChI is InChI=1S/C16H23NO2/c1-3-19-16(18)7-8-17-15-10-14(11-15)13-6-4-5-12(2)9-13/h4-6,9,14-15,17H,3,7-8,10-11H2,1-2H3. The highest BCUT2D eigenvalue weighted by molar-refractivity contribution is 5.69. The van der Waals surface area contributed by atoms with Crippen LogP contribution >= 0.6 is 0 Å². The van der Waals surface area contributed by atoms with Gasteiger partial charge in [-0.1, -0.05) is 29.8 Å². The first-order chi connectivity index (χ1) is 9.19. The van der Waals surface area contributed by atoms with Gasteiger partial charge in [0, 0.05) is 12.6 Å². The maximum absolute atomic E-state index is 11.2. The molecule has 0 radical (unpaired) electrons. The van der Waals surface area contributed by atoms with Crippen molar-refractivity contribution < 1.29 is 9.53 Å². The van der Waals surface area contributed by atoms with E-state index in [1.54, 1.807) is 0 Å². The van der Waals surface area contributed by atoms with Gasteiger partial charge in [0.15, 0.2) is 0 Å². The molecule has 104 valence electrons. The smallest absolute Gasteiger partial charge is 0.307 e. The van der Waals surface area contributed by atoms with Crippen LogP contribution in [0.4, 0.5) is 0 Å².